The molecule has 4 atom stereocenters. The molecule has 1 aromatic rings. The van der Waals surface area contributed by atoms with Gasteiger partial charge in [0.15, 0.2) is 5.66 Å². The fourth-order valence-corrected chi connectivity index (χ4v) is 4.72. The third kappa shape index (κ3) is 5.27. The molecule has 7 nitrogen and oxygen atoms in total. The second-order valence-corrected chi connectivity index (χ2v) is 9.50. The number of anilines is 1. The molecule has 1 aromatic heterocycles. The maximum Gasteiger partial charge on any atom is 0.344 e. The van der Waals surface area contributed by atoms with Crippen molar-refractivity contribution in [2.75, 3.05) is 4.90 Å². The largest absolute Gasteiger partial charge is 0.478 e. The number of carbonyl (C=O) groups is 1. The smallest absolute Gasteiger partial charge is 0.344 e. The quantitative estimate of drug-likeness (QED) is 0.405. The Hall–Kier alpha value is -1.36. The van der Waals surface area contributed by atoms with Crippen LogP contribution in [0.15, 0.2) is 10.9 Å². The minimum Gasteiger partial charge on any atom is -0.478 e. The van der Waals surface area contributed by atoms with Crippen molar-refractivity contribution in [1.82, 2.24) is 4.98 Å². The first-order chi connectivity index (χ1) is 13.9. The van der Waals surface area contributed by atoms with E-state index in [1.165, 1.54) is 43.0 Å². The predicted molar refractivity (Wildman–Crippen MR) is 112 cm³/mol. The SMILES string of the molecule is CC(C)[C@@H](O)C(F)(F)[C@H](O)[C@H](CC1CCCCC1)N(c1cscn1)C(C)(N)C(=O)O. The second-order valence-electron chi connectivity index (χ2n) is 8.78. The van der Waals surface area contributed by atoms with Gasteiger partial charge in [-0.05, 0) is 25.2 Å². The summed E-state index contributed by atoms with van der Waals surface area (Å²) < 4.78 is 30.2. The molecule has 1 fully saturated rings. The van der Waals surface area contributed by atoms with Crippen LogP contribution in [0.25, 0.3) is 0 Å². The first kappa shape index (κ1) is 24.9. The number of hydrogen-bond donors (Lipinski definition) is 4. The zero-order valence-electron chi connectivity index (χ0n) is 17.7. The Labute approximate surface area is 179 Å². The summed E-state index contributed by atoms with van der Waals surface area (Å²) in [6, 6.07) is -1.34. The van der Waals surface area contributed by atoms with Gasteiger partial charge in [0.2, 0.25) is 0 Å². The third-order valence-electron chi connectivity index (χ3n) is 6.02. The molecule has 0 spiro atoms. The van der Waals surface area contributed by atoms with E-state index in [0.29, 0.717) is 0 Å². The van der Waals surface area contributed by atoms with Gasteiger partial charge in [0.05, 0.1) is 11.6 Å². The highest BCUT2D eigenvalue weighted by molar-refractivity contribution is 7.07. The van der Waals surface area contributed by atoms with Crippen LogP contribution in [-0.4, -0.2) is 56.1 Å². The fraction of sp³-hybridized carbons (Fsp3) is 0.800. The van der Waals surface area contributed by atoms with Crippen molar-refractivity contribution < 1.29 is 28.9 Å². The molecule has 0 saturated heterocycles. The maximum atomic E-state index is 15.1. The topological polar surface area (TPSA) is 120 Å². The molecule has 1 aliphatic carbocycles. The van der Waals surface area contributed by atoms with Gasteiger partial charge >= 0.3 is 11.9 Å². The van der Waals surface area contributed by atoms with Gasteiger partial charge < -0.3 is 20.2 Å². The minimum atomic E-state index is -3.86. The number of carboxylic acid groups (broad SMARTS) is 1. The van der Waals surface area contributed by atoms with Gasteiger partial charge in [-0.3, -0.25) is 5.73 Å². The molecule has 1 saturated carbocycles. The number of rotatable bonds is 10. The first-order valence-corrected chi connectivity index (χ1v) is 11.3. The molecule has 1 heterocycles. The molecule has 0 amide bonds. The summed E-state index contributed by atoms with van der Waals surface area (Å²) in [7, 11) is 0. The summed E-state index contributed by atoms with van der Waals surface area (Å²) in [5.74, 6) is -5.94. The number of aromatic nitrogens is 1. The highest BCUT2D eigenvalue weighted by Crippen LogP contribution is 2.39. The van der Waals surface area contributed by atoms with Crippen LogP contribution in [0, 0.1) is 11.8 Å². The fourth-order valence-electron chi connectivity index (χ4n) is 4.20. The van der Waals surface area contributed by atoms with Gasteiger partial charge in [-0.25, -0.2) is 18.6 Å². The van der Waals surface area contributed by atoms with Gasteiger partial charge in [-0.2, -0.15) is 0 Å². The van der Waals surface area contributed by atoms with Gasteiger partial charge in [0.1, 0.15) is 18.0 Å². The normalized spacial score (nSPS) is 21.1. The van der Waals surface area contributed by atoms with Crippen molar-refractivity contribution >= 4 is 23.1 Å². The number of hydrogen-bond acceptors (Lipinski definition) is 7. The number of nitrogens with zero attached hydrogens (tertiary/aromatic N) is 2. The molecule has 0 aromatic carbocycles. The van der Waals surface area contributed by atoms with Crippen LogP contribution >= 0.6 is 11.3 Å². The lowest BCUT2D eigenvalue weighted by Gasteiger charge is -2.46. The molecule has 1 aliphatic rings. The van der Waals surface area contributed by atoms with Crippen molar-refractivity contribution in [3.05, 3.63) is 10.9 Å². The zero-order valence-corrected chi connectivity index (χ0v) is 18.5. The van der Waals surface area contributed by atoms with E-state index >= 15 is 8.78 Å². The Bertz CT molecular complexity index is 682. The Balaban J connectivity index is 2.52. The Morgan fingerprint density at radius 3 is 2.37 bits per heavy atom. The monoisotopic (exact) mass is 449 g/mol. The first-order valence-electron chi connectivity index (χ1n) is 10.3. The van der Waals surface area contributed by atoms with Gasteiger partial charge in [-0.15, -0.1) is 11.3 Å². The van der Waals surface area contributed by atoms with E-state index in [9.17, 15) is 20.1 Å². The van der Waals surface area contributed by atoms with Crippen molar-refractivity contribution in [1.29, 1.82) is 0 Å². The molecule has 5 N–H and O–H groups in total. The number of aliphatic carboxylic acids is 1. The lowest BCUT2D eigenvalue weighted by Crippen LogP contribution is -2.68. The minimum absolute atomic E-state index is 0.0381. The highest BCUT2D eigenvalue weighted by Gasteiger charge is 2.55. The van der Waals surface area contributed by atoms with Crippen molar-refractivity contribution in [2.45, 2.75) is 89.1 Å². The number of nitrogens with two attached hydrogens (primary N) is 1. The van der Waals surface area contributed by atoms with Crippen LogP contribution in [0.4, 0.5) is 14.6 Å². The molecule has 0 aliphatic heterocycles. The standard InChI is InChI=1S/C20H33F2N3O4S/c1-12(2)16(26)20(21,22)17(27)14(9-13-7-5-4-6-8-13)25(15-10-30-11-24-15)19(3,23)18(28)29/h10-14,16-17,26-27H,4-9,23H2,1-3H3,(H,28,29)/t14-,16+,17+,19?/m0/s1. The summed E-state index contributed by atoms with van der Waals surface area (Å²) in [5, 5.41) is 32.2. The van der Waals surface area contributed by atoms with Crippen LogP contribution in [0.5, 0.6) is 0 Å². The number of aliphatic hydroxyl groups is 2. The van der Waals surface area contributed by atoms with E-state index in [-0.39, 0.29) is 18.2 Å². The molecule has 10 heteroatoms. The summed E-state index contributed by atoms with van der Waals surface area (Å²) >= 11 is 1.17. The van der Waals surface area contributed by atoms with E-state index < -0.39 is 41.7 Å². The van der Waals surface area contributed by atoms with Crippen LogP contribution in [-0.2, 0) is 4.79 Å². The van der Waals surface area contributed by atoms with E-state index in [4.69, 9.17) is 5.73 Å². The average molecular weight is 450 g/mol. The third-order valence-corrected chi connectivity index (χ3v) is 6.59. The van der Waals surface area contributed by atoms with Crippen molar-refractivity contribution in [3.8, 4) is 0 Å². The summed E-state index contributed by atoms with van der Waals surface area (Å²) in [4.78, 5) is 17.2. The van der Waals surface area contributed by atoms with E-state index in [1.807, 2.05) is 0 Å². The highest BCUT2D eigenvalue weighted by atomic mass is 32.1. The molecule has 172 valence electrons. The second kappa shape index (κ2) is 9.84. The van der Waals surface area contributed by atoms with Crippen LogP contribution < -0.4 is 10.6 Å². The van der Waals surface area contributed by atoms with E-state index in [1.54, 1.807) is 0 Å². The van der Waals surface area contributed by atoms with E-state index in [0.717, 1.165) is 37.0 Å². The Morgan fingerprint density at radius 1 is 1.30 bits per heavy atom. The maximum absolute atomic E-state index is 15.1. The summed E-state index contributed by atoms with van der Waals surface area (Å²) in [5.41, 5.74) is 5.45. The lowest BCUT2D eigenvalue weighted by molar-refractivity contribution is -0.196. The Morgan fingerprint density at radius 2 is 1.90 bits per heavy atom. The van der Waals surface area contributed by atoms with Crippen LogP contribution in [0.1, 0.15) is 59.3 Å². The van der Waals surface area contributed by atoms with Gasteiger partial charge in [0, 0.05) is 5.38 Å². The van der Waals surface area contributed by atoms with Gasteiger partial charge in [-0.1, -0.05) is 46.0 Å². The predicted octanol–water partition coefficient (Wildman–Crippen LogP) is 3.06. The molecule has 1 unspecified atom stereocenters. The number of carboxylic acids is 1. The molecular formula is C20H33F2N3O4S. The average Bonchev–Trinajstić information content (AvgIpc) is 3.20. The van der Waals surface area contributed by atoms with Crippen molar-refractivity contribution in [2.24, 2.45) is 17.6 Å². The van der Waals surface area contributed by atoms with Gasteiger partial charge in [0.25, 0.3) is 0 Å². The number of thiazole rings is 1. The molecule has 2 rings (SSSR count). The molecular weight excluding hydrogens is 416 g/mol. The molecule has 0 bridgehead atoms. The van der Waals surface area contributed by atoms with E-state index in [2.05, 4.69) is 4.98 Å². The lowest BCUT2D eigenvalue weighted by atomic mass is 9.80. The van der Waals surface area contributed by atoms with Crippen LogP contribution in [0.2, 0.25) is 0 Å². The number of alkyl halides is 2. The number of halogens is 2. The molecule has 30 heavy (non-hydrogen) atoms. The summed E-state index contributed by atoms with van der Waals surface area (Å²) in [6.45, 7) is 4.07. The Kier molecular flexibility index (Phi) is 8.17. The molecule has 0 radical (unpaired) electrons. The number of aliphatic hydroxyl groups excluding tert-OH is 2. The van der Waals surface area contributed by atoms with Crippen molar-refractivity contribution in [3.63, 3.8) is 0 Å². The van der Waals surface area contributed by atoms with Crippen LogP contribution in [0.3, 0.4) is 0 Å². The zero-order chi connectivity index (χ0) is 22.7. The summed E-state index contributed by atoms with van der Waals surface area (Å²) in [6.07, 6.45) is 0.280.